The topological polar surface area (TPSA) is 75.4 Å². The molecule has 1 aliphatic carbocycles. The third kappa shape index (κ3) is 2.68. The summed E-state index contributed by atoms with van der Waals surface area (Å²) in [5, 5.41) is 2.96. The minimum atomic E-state index is -0.720. The maximum atomic E-state index is 12.8. The first kappa shape index (κ1) is 15.3. The van der Waals surface area contributed by atoms with Gasteiger partial charge in [-0.05, 0) is 31.2 Å². The number of amides is 3. The second-order valence-corrected chi connectivity index (χ2v) is 7.35. The molecule has 1 saturated heterocycles. The van der Waals surface area contributed by atoms with E-state index in [0.29, 0.717) is 13.1 Å². The van der Waals surface area contributed by atoms with Gasteiger partial charge in [0.1, 0.15) is 5.54 Å². The zero-order valence-electron chi connectivity index (χ0n) is 12.9. The molecule has 2 aliphatic rings. The Kier molecular flexibility index (Phi) is 4.09. The van der Waals surface area contributed by atoms with Gasteiger partial charge in [-0.3, -0.25) is 9.69 Å². The van der Waals surface area contributed by atoms with Gasteiger partial charge in [0.25, 0.3) is 5.91 Å². The Bertz CT molecular complexity index is 402. The average Bonchev–Trinajstić information content (AvgIpc) is 2.59. The third-order valence-corrected chi connectivity index (χ3v) is 4.64. The zero-order valence-corrected chi connectivity index (χ0v) is 12.9. The molecule has 114 valence electrons. The van der Waals surface area contributed by atoms with Crippen LogP contribution in [0, 0.1) is 11.3 Å². The fourth-order valence-electron chi connectivity index (χ4n) is 3.31. The predicted octanol–water partition coefficient (Wildman–Crippen LogP) is 1.86. The van der Waals surface area contributed by atoms with Crippen LogP contribution in [0.5, 0.6) is 0 Å². The third-order valence-electron chi connectivity index (χ3n) is 4.64. The van der Waals surface area contributed by atoms with Crippen molar-refractivity contribution in [3.05, 3.63) is 0 Å². The number of urea groups is 1. The van der Waals surface area contributed by atoms with Crippen molar-refractivity contribution >= 4 is 11.9 Å². The number of nitrogens with two attached hydrogens (primary N) is 1. The number of carbonyl (C=O) groups excluding carboxylic acids is 2. The smallest absolute Gasteiger partial charge is 0.325 e. The van der Waals surface area contributed by atoms with Gasteiger partial charge in [-0.15, -0.1) is 0 Å². The summed E-state index contributed by atoms with van der Waals surface area (Å²) in [7, 11) is 0. The molecule has 1 heterocycles. The van der Waals surface area contributed by atoms with Gasteiger partial charge in [0.2, 0.25) is 0 Å². The van der Waals surface area contributed by atoms with Gasteiger partial charge in [0, 0.05) is 12.5 Å². The standard InChI is InChI=1S/C15H27N3O2/c1-14(2,3)8-9-18-12(19)15(17-13(18)20)7-5-4-6-11(15)10-16/h11H,4-10,16H2,1-3H3,(H,17,20). The number of carbonyl (C=O) groups is 2. The maximum absolute atomic E-state index is 12.8. The zero-order chi connectivity index (χ0) is 15.0. The van der Waals surface area contributed by atoms with Crippen LogP contribution in [0.1, 0.15) is 52.9 Å². The predicted molar refractivity (Wildman–Crippen MR) is 78.1 cm³/mol. The summed E-state index contributed by atoms with van der Waals surface area (Å²) < 4.78 is 0. The summed E-state index contributed by atoms with van der Waals surface area (Å²) in [4.78, 5) is 26.4. The first-order valence-corrected chi connectivity index (χ1v) is 7.64. The van der Waals surface area contributed by atoms with Crippen molar-refractivity contribution in [2.75, 3.05) is 13.1 Å². The SMILES string of the molecule is CC(C)(C)CCN1C(=O)NC2(CCCCC2CN)C1=O. The molecular weight excluding hydrogens is 254 g/mol. The molecule has 0 aromatic rings. The minimum absolute atomic E-state index is 0.0538. The van der Waals surface area contributed by atoms with E-state index in [9.17, 15) is 9.59 Å². The van der Waals surface area contributed by atoms with Crippen LogP contribution in [0.3, 0.4) is 0 Å². The second kappa shape index (κ2) is 5.35. The molecule has 2 atom stereocenters. The van der Waals surface area contributed by atoms with E-state index in [2.05, 4.69) is 26.1 Å². The molecule has 2 unspecified atom stereocenters. The molecule has 0 aromatic heterocycles. The summed E-state index contributed by atoms with van der Waals surface area (Å²) in [6, 6.07) is -0.236. The van der Waals surface area contributed by atoms with E-state index in [1.54, 1.807) is 0 Å². The summed E-state index contributed by atoms with van der Waals surface area (Å²) in [6.07, 6.45) is 4.54. The fourth-order valence-corrected chi connectivity index (χ4v) is 3.31. The summed E-state index contributed by atoms with van der Waals surface area (Å²) >= 11 is 0. The molecule has 5 nitrogen and oxygen atoms in total. The van der Waals surface area contributed by atoms with E-state index in [-0.39, 0.29) is 23.3 Å². The second-order valence-electron chi connectivity index (χ2n) is 7.35. The molecule has 2 fully saturated rings. The van der Waals surface area contributed by atoms with E-state index < -0.39 is 5.54 Å². The normalized spacial score (nSPS) is 31.0. The monoisotopic (exact) mass is 281 g/mol. The highest BCUT2D eigenvalue weighted by Gasteiger charge is 2.55. The van der Waals surface area contributed by atoms with Crippen LogP contribution in [0.4, 0.5) is 4.79 Å². The molecule has 5 heteroatoms. The Morgan fingerprint density at radius 3 is 2.65 bits per heavy atom. The molecule has 0 bridgehead atoms. The van der Waals surface area contributed by atoms with Crippen molar-refractivity contribution in [2.45, 2.75) is 58.4 Å². The number of nitrogens with zero attached hydrogens (tertiary/aromatic N) is 1. The average molecular weight is 281 g/mol. The number of imide groups is 1. The molecule has 2 rings (SSSR count). The lowest BCUT2D eigenvalue weighted by atomic mass is 9.72. The van der Waals surface area contributed by atoms with Crippen LogP contribution >= 0.6 is 0 Å². The van der Waals surface area contributed by atoms with E-state index in [4.69, 9.17) is 5.73 Å². The van der Waals surface area contributed by atoms with Crippen molar-refractivity contribution in [3.8, 4) is 0 Å². The Hall–Kier alpha value is -1.10. The van der Waals surface area contributed by atoms with Crippen LogP contribution in [0.25, 0.3) is 0 Å². The first-order valence-electron chi connectivity index (χ1n) is 7.64. The van der Waals surface area contributed by atoms with Crippen molar-refractivity contribution < 1.29 is 9.59 Å². The summed E-state index contributed by atoms with van der Waals surface area (Å²) in [5.74, 6) is 0.0224. The number of rotatable bonds is 3. The lowest BCUT2D eigenvalue weighted by Crippen LogP contribution is -2.57. The van der Waals surface area contributed by atoms with Crippen LogP contribution in [0.15, 0.2) is 0 Å². The quantitative estimate of drug-likeness (QED) is 0.775. The Balaban J connectivity index is 2.15. The van der Waals surface area contributed by atoms with Gasteiger partial charge in [0.05, 0.1) is 0 Å². The van der Waals surface area contributed by atoms with Gasteiger partial charge in [0.15, 0.2) is 0 Å². The summed E-state index contributed by atoms with van der Waals surface area (Å²) in [5.41, 5.74) is 5.22. The highest BCUT2D eigenvalue weighted by molar-refractivity contribution is 6.07. The van der Waals surface area contributed by atoms with E-state index >= 15 is 0 Å². The van der Waals surface area contributed by atoms with E-state index in [0.717, 1.165) is 32.1 Å². The van der Waals surface area contributed by atoms with Gasteiger partial charge in [-0.25, -0.2) is 4.79 Å². The molecule has 1 aliphatic heterocycles. The molecule has 0 radical (unpaired) electrons. The molecule has 0 aromatic carbocycles. The molecule has 3 amide bonds. The molecule has 20 heavy (non-hydrogen) atoms. The Labute approximate surface area is 121 Å². The van der Waals surface area contributed by atoms with Gasteiger partial charge in [-0.2, -0.15) is 0 Å². The molecule has 1 spiro atoms. The van der Waals surface area contributed by atoms with Crippen LogP contribution < -0.4 is 11.1 Å². The van der Waals surface area contributed by atoms with Crippen LogP contribution in [0.2, 0.25) is 0 Å². The first-order chi connectivity index (χ1) is 9.30. The summed E-state index contributed by atoms with van der Waals surface area (Å²) in [6.45, 7) is 7.30. The van der Waals surface area contributed by atoms with Crippen molar-refractivity contribution in [2.24, 2.45) is 17.1 Å². The van der Waals surface area contributed by atoms with Crippen molar-refractivity contribution in [1.82, 2.24) is 10.2 Å². The number of nitrogens with one attached hydrogen (secondary N) is 1. The van der Waals surface area contributed by atoms with Crippen LogP contribution in [-0.2, 0) is 4.79 Å². The highest BCUT2D eigenvalue weighted by atomic mass is 16.2. The largest absolute Gasteiger partial charge is 0.330 e. The van der Waals surface area contributed by atoms with Gasteiger partial charge in [-0.1, -0.05) is 33.6 Å². The highest BCUT2D eigenvalue weighted by Crippen LogP contribution is 2.38. The van der Waals surface area contributed by atoms with E-state index in [1.807, 2.05) is 0 Å². The van der Waals surface area contributed by atoms with Crippen LogP contribution in [-0.4, -0.2) is 35.5 Å². The Morgan fingerprint density at radius 1 is 1.35 bits per heavy atom. The van der Waals surface area contributed by atoms with Crippen molar-refractivity contribution in [3.63, 3.8) is 0 Å². The number of hydrogen-bond acceptors (Lipinski definition) is 3. The fraction of sp³-hybridized carbons (Fsp3) is 0.867. The van der Waals surface area contributed by atoms with Gasteiger partial charge < -0.3 is 11.1 Å². The Morgan fingerprint density at radius 2 is 2.05 bits per heavy atom. The molecule has 1 saturated carbocycles. The molecular formula is C15H27N3O2. The molecule has 3 N–H and O–H groups in total. The van der Waals surface area contributed by atoms with Gasteiger partial charge >= 0.3 is 6.03 Å². The minimum Gasteiger partial charge on any atom is -0.330 e. The lowest BCUT2D eigenvalue weighted by Gasteiger charge is -2.38. The van der Waals surface area contributed by atoms with Crippen molar-refractivity contribution in [1.29, 1.82) is 0 Å². The number of hydrogen-bond donors (Lipinski definition) is 2. The lowest BCUT2D eigenvalue weighted by molar-refractivity contribution is -0.134. The maximum Gasteiger partial charge on any atom is 0.325 e. The van der Waals surface area contributed by atoms with E-state index in [1.165, 1.54) is 4.90 Å².